The molecule has 1 aliphatic heterocycles. The maximum absolute atomic E-state index is 13.4. The molecule has 188 valence electrons. The predicted molar refractivity (Wildman–Crippen MR) is 137 cm³/mol. The van der Waals surface area contributed by atoms with Gasteiger partial charge in [0, 0.05) is 11.1 Å². The Bertz CT molecular complexity index is 1580. The first kappa shape index (κ1) is 24.5. The van der Waals surface area contributed by atoms with Crippen molar-refractivity contribution in [3.63, 3.8) is 0 Å². The largest absolute Gasteiger partial charge is 0.497 e. The van der Waals surface area contributed by atoms with E-state index in [2.05, 4.69) is 0 Å². The maximum atomic E-state index is 13.4. The van der Waals surface area contributed by atoms with Crippen LogP contribution in [0, 0.1) is 0 Å². The van der Waals surface area contributed by atoms with E-state index in [0.717, 1.165) is 5.39 Å². The van der Waals surface area contributed by atoms with Crippen LogP contribution in [0.2, 0.25) is 0 Å². The number of esters is 1. The van der Waals surface area contributed by atoms with Crippen molar-refractivity contribution in [2.75, 3.05) is 19.1 Å². The van der Waals surface area contributed by atoms with Gasteiger partial charge >= 0.3 is 5.97 Å². The number of hydrogen-bond donors (Lipinski definition) is 0. The smallest absolute Gasteiger partial charge is 0.337 e. The molecule has 4 aromatic carbocycles. The van der Waals surface area contributed by atoms with E-state index in [1.165, 1.54) is 18.1 Å². The summed E-state index contributed by atoms with van der Waals surface area (Å²) in [5, 5.41) is 1.25. The minimum Gasteiger partial charge on any atom is -0.497 e. The molecular weight excluding hydrogens is 494 g/mol. The fourth-order valence-corrected chi connectivity index (χ4v) is 5.71. The Kier molecular flexibility index (Phi) is 6.41. The molecule has 0 radical (unpaired) electrons. The molecule has 0 spiro atoms. The zero-order chi connectivity index (χ0) is 26.2. The van der Waals surface area contributed by atoms with Gasteiger partial charge in [-0.3, -0.25) is 13.9 Å². The summed E-state index contributed by atoms with van der Waals surface area (Å²) in [6.07, 6.45) is -1.28. The number of fused-ring (bicyclic) bond motifs is 1. The second-order valence-corrected chi connectivity index (χ2v) is 9.95. The van der Waals surface area contributed by atoms with Gasteiger partial charge in [0.1, 0.15) is 10.6 Å². The van der Waals surface area contributed by atoms with Gasteiger partial charge in [0.05, 0.1) is 25.8 Å². The molecule has 5 rings (SSSR count). The zero-order valence-corrected chi connectivity index (χ0v) is 20.8. The van der Waals surface area contributed by atoms with E-state index in [1.807, 2.05) is 18.2 Å². The molecule has 1 saturated heterocycles. The van der Waals surface area contributed by atoms with Gasteiger partial charge in [0.25, 0.3) is 16.0 Å². The highest BCUT2D eigenvalue weighted by Gasteiger charge is 2.52. The second kappa shape index (κ2) is 9.68. The van der Waals surface area contributed by atoms with Crippen LogP contribution in [0.25, 0.3) is 10.8 Å². The lowest BCUT2D eigenvalue weighted by Gasteiger charge is -2.46. The van der Waals surface area contributed by atoms with Crippen LogP contribution in [0.1, 0.15) is 22.0 Å². The first-order valence-electron chi connectivity index (χ1n) is 11.4. The van der Waals surface area contributed by atoms with Gasteiger partial charge < -0.3 is 9.47 Å². The molecule has 1 heterocycles. The monoisotopic (exact) mass is 517 g/mol. The van der Waals surface area contributed by atoms with Crippen molar-refractivity contribution < 1.29 is 31.7 Å². The highest BCUT2D eigenvalue weighted by molar-refractivity contribution is 7.87. The van der Waals surface area contributed by atoms with E-state index < -0.39 is 34.1 Å². The minimum atomic E-state index is -4.29. The first-order chi connectivity index (χ1) is 17.8. The van der Waals surface area contributed by atoms with Gasteiger partial charge in [-0.2, -0.15) is 8.42 Å². The Morgan fingerprint density at radius 3 is 2.19 bits per heavy atom. The van der Waals surface area contributed by atoms with Crippen molar-refractivity contribution in [2.24, 2.45) is 0 Å². The molecule has 8 nitrogen and oxygen atoms in total. The van der Waals surface area contributed by atoms with Crippen molar-refractivity contribution in [1.82, 2.24) is 0 Å². The molecule has 4 aromatic rings. The Morgan fingerprint density at radius 2 is 1.51 bits per heavy atom. The molecule has 2 unspecified atom stereocenters. The lowest BCUT2D eigenvalue weighted by Crippen LogP contribution is -2.60. The highest BCUT2D eigenvalue weighted by atomic mass is 32.2. The second-order valence-electron chi connectivity index (χ2n) is 8.41. The van der Waals surface area contributed by atoms with Crippen LogP contribution in [0.15, 0.2) is 95.9 Å². The lowest BCUT2D eigenvalue weighted by molar-refractivity contribution is -0.134. The zero-order valence-electron chi connectivity index (χ0n) is 20.0. The van der Waals surface area contributed by atoms with E-state index in [4.69, 9.17) is 13.7 Å². The van der Waals surface area contributed by atoms with Crippen molar-refractivity contribution in [1.29, 1.82) is 0 Å². The number of β-lactam (4-membered cyclic amide) rings is 1. The SMILES string of the molecule is COC(=O)c1ccc(N2C(=O)C(OS(=O)(=O)c3cccc4ccccc34)C2c2ccc(OC)cc2)cc1. The van der Waals surface area contributed by atoms with Crippen LogP contribution >= 0.6 is 0 Å². The molecule has 0 bridgehead atoms. The molecule has 0 saturated carbocycles. The summed E-state index contributed by atoms with van der Waals surface area (Å²) in [6.45, 7) is 0. The number of benzene rings is 4. The Balaban J connectivity index is 1.51. The molecule has 1 amide bonds. The Morgan fingerprint density at radius 1 is 0.838 bits per heavy atom. The number of hydrogen-bond acceptors (Lipinski definition) is 7. The molecule has 0 N–H and O–H groups in total. The van der Waals surface area contributed by atoms with Crippen molar-refractivity contribution >= 4 is 38.5 Å². The molecular formula is C28H23NO7S. The van der Waals surface area contributed by atoms with E-state index in [9.17, 15) is 18.0 Å². The van der Waals surface area contributed by atoms with Gasteiger partial charge in [-0.1, -0.05) is 48.5 Å². The summed E-state index contributed by atoms with van der Waals surface area (Å²) in [5.74, 6) is -0.407. The maximum Gasteiger partial charge on any atom is 0.337 e. The number of rotatable bonds is 7. The van der Waals surface area contributed by atoms with Crippen LogP contribution in [-0.4, -0.2) is 40.6 Å². The van der Waals surface area contributed by atoms with Crippen LogP contribution in [0.5, 0.6) is 5.75 Å². The number of ether oxygens (including phenoxy) is 2. The van der Waals surface area contributed by atoms with Crippen LogP contribution in [0.4, 0.5) is 5.69 Å². The van der Waals surface area contributed by atoms with Crippen LogP contribution in [-0.2, 0) is 23.8 Å². The van der Waals surface area contributed by atoms with E-state index >= 15 is 0 Å². The van der Waals surface area contributed by atoms with Crippen LogP contribution in [0.3, 0.4) is 0 Å². The predicted octanol–water partition coefficient (Wildman–Crippen LogP) is 4.50. The fraction of sp³-hybridized carbons (Fsp3) is 0.143. The average Bonchev–Trinajstić information content (AvgIpc) is 2.94. The van der Waals surface area contributed by atoms with E-state index in [0.29, 0.717) is 28.0 Å². The number of carbonyl (C=O) groups excluding carboxylic acids is 2. The fourth-order valence-electron chi connectivity index (χ4n) is 4.45. The minimum absolute atomic E-state index is 0.00670. The molecule has 9 heteroatoms. The van der Waals surface area contributed by atoms with Gasteiger partial charge in [-0.25, -0.2) is 4.79 Å². The molecule has 2 atom stereocenters. The Hall–Kier alpha value is -4.21. The average molecular weight is 518 g/mol. The van der Waals surface area contributed by atoms with E-state index in [-0.39, 0.29) is 4.90 Å². The van der Waals surface area contributed by atoms with Crippen molar-refractivity contribution in [2.45, 2.75) is 17.0 Å². The number of nitrogens with zero attached hydrogens (tertiary/aromatic N) is 1. The summed E-state index contributed by atoms with van der Waals surface area (Å²) in [6, 6.07) is 24.5. The Labute approximate surface area is 214 Å². The van der Waals surface area contributed by atoms with Gasteiger partial charge in [0.2, 0.25) is 0 Å². The summed E-state index contributed by atoms with van der Waals surface area (Å²) in [7, 11) is -1.47. The number of carbonyl (C=O) groups is 2. The summed E-state index contributed by atoms with van der Waals surface area (Å²) >= 11 is 0. The molecule has 0 aliphatic carbocycles. The lowest BCUT2D eigenvalue weighted by atomic mass is 9.90. The van der Waals surface area contributed by atoms with Crippen molar-refractivity contribution in [3.8, 4) is 5.75 Å². The number of anilines is 1. The summed E-state index contributed by atoms with van der Waals surface area (Å²) < 4.78 is 42.4. The highest BCUT2D eigenvalue weighted by Crippen LogP contribution is 2.43. The summed E-state index contributed by atoms with van der Waals surface area (Å²) in [4.78, 5) is 26.6. The summed E-state index contributed by atoms with van der Waals surface area (Å²) in [5.41, 5.74) is 1.47. The molecule has 37 heavy (non-hydrogen) atoms. The number of methoxy groups -OCH3 is 2. The van der Waals surface area contributed by atoms with Gasteiger partial charge in [-0.15, -0.1) is 0 Å². The quantitative estimate of drug-likeness (QED) is 0.202. The molecule has 1 fully saturated rings. The third-order valence-electron chi connectivity index (χ3n) is 6.32. The number of amides is 1. The normalized spacial score (nSPS) is 17.4. The molecule has 0 aromatic heterocycles. The standard InChI is InChI=1S/C28H23NO7S/c1-34-22-16-12-19(13-17-22)25-26(27(30)29(25)21-14-10-20(11-15-21)28(31)35-2)36-37(32,33)24-9-5-7-18-6-3-4-8-23(18)24/h3-17,25-26H,1-2H3. The van der Waals surface area contributed by atoms with Crippen molar-refractivity contribution in [3.05, 3.63) is 102 Å². The third kappa shape index (κ3) is 4.43. The first-order valence-corrected chi connectivity index (χ1v) is 12.8. The topological polar surface area (TPSA) is 99.2 Å². The molecule has 1 aliphatic rings. The van der Waals surface area contributed by atoms with Gasteiger partial charge in [0.15, 0.2) is 6.10 Å². The van der Waals surface area contributed by atoms with Gasteiger partial charge in [-0.05, 0) is 53.4 Å². The third-order valence-corrected chi connectivity index (χ3v) is 7.67. The van der Waals surface area contributed by atoms with Crippen LogP contribution < -0.4 is 9.64 Å². The van der Waals surface area contributed by atoms with E-state index in [1.54, 1.807) is 73.8 Å².